The molecule has 2 atom stereocenters. The van der Waals surface area contributed by atoms with Gasteiger partial charge in [-0.2, -0.15) is 0 Å². The Morgan fingerprint density at radius 3 is 2.72 bits per heavy atom. The van der Waals surface area contributed by atoms with Gasteiger partial charge in [0.15, 0.2) is 0 Å². The normalized spacial score (nSPS) is 21.0. The molecular formula is C18H25BrN2O4. The van der Waals surface area contributed by atoms with Crippen molar-refractivity contribution < 1.29 is 19.4 Å². The van der Waals surface area contributed by atoms with Gasteiger partial charge < -0.3 is 20.1 Å². The van der Waals surface area contributed by atoms with Crippen molar-refractivity contribution in [2.24, 2.45) is 5.92 Å². The molecule has 2 rings (SSSR count). The van der Waals surface area contributed by atoms with Gasteiger partial charge >= 0.3 is 12.1 Å². The van der Waals surface area contributed by atoms with Gasteiger partial charge in [0, 0.05) is 30.1 Å². The number of carboxylic acid groups (broad SMARTS) is 1. The van der Waals surface area contributed by atoms with Gasteiger partial charge in [0.25, 0.3) is 0 Å². The Morgan fingerprint density at radius 2 is 2.12 bits per heavy atom. The molecule has 138 valence electrons. The first kappa shape index (κ1) is 19.7. The maximum absolute atomic E-state index is 12.2. The van der Waals surface area contributed by atoms with Gasteiger partial charge in [-0.25, -0.2) is 4.79 Å². The molecular weight excluding hydrogens is 388 g/mol. The molecule has 6 nitrogen and oxygen atoms in total. The number of carbonyl (C=O) groups excluding carboxylic acids is 1. The summed E-state index contributed by atoms with van der Waals surface area (Å²) < 4.78 is 6.34. The molecule has 0 bridgehead atoms. The van der Waals surface area contributed by atoms with Gasteiger partial charge in [-0.05, 0) is 44.9 Å². The van der Waals surface area contributed by atoms with Crippen LogP contribution in [0.3, 0.4) is 0 Å². The van der Waals surface area contributed by atoms with Crippen LogP contribution in [-0.2, 0) is 16.1 Å². The topological polar surface area (TPSA) is 78.9 Å². The highest BCUT2D eigenvalue weighted by molar-refractivity contribution is 9.10. The van der Waals surface area contributed by atoms with Crippen molar-refractivity contribution >= 4 is 28.0 Å². The van der Waals surface area contributed by atoms with Crippen molar-refractivity contribution in [3.8, 4) is 0 Å². The fourth-order valence-corrected chi connectivity index (χ4v) is 3.28. The molecule has 0 unspecified atom stereocenters. The van der Waals surface area contributed by atoms with Crippen LogP contribution in [-0.4, -0.2) is 46.8 Å². The Bertz CT molecular complexity index is 630. The number of hydrogen-bond donors (Lipinski definition) is 2. The molecule has 0 aliphatic carbocycles. The van der Waals surface area contributed by atoms with Gasteiger partial charge in [0.2, 0.25) is 0 Å². The number of ether oxygens (including phenoxy) is 1. The SMILES string of the molecule is CC(C)(C)OC(=O)N1CC[C@H](NCc2cccc(Br)c2)[C@H](C(=O)O)C1. The van der Waals surface area contributed by atoms with E-state index in [1.807, 2.05) is 24.3 Å². The Balaban J connectivity index is 1.97. The maximum Gasteiger partial charge on any atom is 0.410 e. The molecule has 0 aromatic heterocycles. The smallest absolute Gasteiger partial charge is 0.410 e. The number of benzene rings is 1. The standard InChI is InChI=1S/C18H25BrN2O4/c1-18(2,3)25-17(24)21-8-7-15(14(11-21)16(22)23)20-10-12-5-4-6-13(19)9-12/h4-6,9,14-15,20H,7-8,10-11H2,1-3H3,(H,22,23)/t14-,15+/m1/s1. The second-order valence-electron chi connectivity index (χ2n) is 7.28. The fourth-order valence-electron chi connectivity index (χ4n) is 2.83. The number of nitrogens with one attached hydrogen (secondary N) is 1. The number of hydrogen-bond acceptors (Lipinski definition) is 4. The molecule has 1 aliphatic rings. The number of likely N-dealkylation sites (tertiary alicyclic amines) is 1. The average Bonchev–Trinajstić information content (AvgIpc) is 2.51. The van der Waals surface area contributed by atoms with E-state index in [1.54, 1.807) is 20.8 Å². The van der Waals surface area contributed by atoms with E-state index in [2.05, 4.69) is 21.2 Å². The summed E-state index contributed by atoms with van der Waals surface area (Å²) in [5.74, 6) is -1.56. The predicted molar refractivity (Wildman–Crippen MR) is 98.3 cm³/mol. The highest BCUT2D eigenvalue weighted by Gasteiger charge is 2.37. The molecule has 2 N–H and O–H groups in total. The second kappa shape index (κ2) is 8.19. The van der Waals surface area contributed by atoms with Crippen LogP contribution in [0.4, 0.5) is 4.79 Å². The van der Waals surface area contributed by atoms with E-state index in [4.69, 9.17) is 4.74 Å². The van der Waals surface area contributed by atoms with E-state index in [0.717, 1.165) is 10.0 Å². The number of carbonyl (C=O) groups is 2. The third-order valence-corrected chi connectivity index (χ3v) is 4.53. The van der Waals surface area contributed by atoms with Crippen LogP contribution in [0.25, 0.3) is 0 Å². The average molecular weight is 413 g/mol. The van der Waals surface area contributed by atoms with Crippen LogP contribution < -0.4 is 5.32 Å². The van der Waals surface area contributed by atoms with Crippen molar-refractivity contribution in [1.29, 1.82) is 0 Å². The Hall–Kier alpha value is -1.60. The lowest BCUT2D eigenvalue weighted by Gasteiger charge is -2.37. The van der Waals surface area contributed by atoms with Crippen LogP contribution in [0.2, 0.25) is 0 Å². The number of halogens is 1. The third kappa shape index (κ3) is 6.01. The highest BCUT2D eigenvalue weighted by Crippen LogP contribution is 2.21. The lowest BCUT2D eigenvalue weighted by molar-refractivity contribution is -0.144. The molecule has 1 saturated heterocycles. The Morgan fingerprint density at radius 1 is 1.40 bits per heavy atom. The molecule has 0 spiro atoms. The number of carboxylic acids is 1. The highest BCUT2D eigenvalue weighted by atomic mass is 79.9. The van der Waals surface area contributed by atoms with Crippen LogP contribution >= 0.6 is 15.9 Å². The summed E-state index contributed by atoms with van der Waals surface area (Å²) in [6.07, 6.45) is 0.119. The molecule has 0 saturated carbocycles. The summed E-state index contributed by atoms with van der Waals surface area (Å²) in [6, 6.07) is 7.70. The minimum absolute atomic E-state index is 0.153. The first-order valence-corrected chi connectivity index (χ1v) is 9.13. The second-order valence-corrected chi connectivity index (χ2v) is 8.19. The molecule has 1 heterocycles. The molecule has 1 aromatic rings. The van der Waals surface area contributed by atoms with E-state index < -0.39 is 23.6 Å². The number of nitrogens with zero attached hydrogens (tertiary/aromatic N) is 1. The molecule has 25 heavy (non-hydrogen) atoms. The third-order valence-electron chi connectivity index (χ3n) is 4.04. The number of amides is 1. The maximum atomic E-state index is 12.2. The summed E-state index contributed by atoms with van der Waals surface area (Å²) in [7, 11) is 0. The number of piperidine rings is 1. The largest absolute Gasteiger partial charge is 0.481 e. The summed E-state index contributed by atoms with van der Waals surface area (Å²) in [4.78, 5) is 25.3. The van der Waals surface area contributed by atoms with Crippen LogP contribution in [0.1, 0.15) is 32.8 Å². The zero-order valence-corrected chi connectivity index (χ0v) is 16.4. The molecule has 1 amide bonds. The minimum atomic E-state index is -0.903. The molecule has 0 radical (unpaired) electrons. The van der Waals surface area contributed by atoms with Crippen LogP contribution in [0.5, 0.6) is 0 Å². The molecule has 1 aliphatic heterocycles. The zero-order valence-electron chi connectivity index (χ0n) is 14.8. The lowest BCUT2D eigenvalue weighted by Crippen LogP contribution is -2.54. The van der Waals surface area contributed by atoms with Gasteiger partial charge in [-0.1, -0.05) is 28.1 Å². The van der Waals surface area contributed by atoms with Gasteiger partial charge in [-0.3, -0.25) is 4.79 Å². The van der Waals surface area contributed by atoms with Gasteiger partial charge in [-0.15, -0.1) is 0 Å². The zero-order chi connectivity index (χ0) is 18.6. The van der Waals surface area contributed by atoms with E-state index in [1.165, 1.54) is 4.90 Å². The van der Waals surface area contributed by atoms with E-state index in [-0.39, 0.29) is 12.6 Å². The van der Waals surface area contributed by atoms with E-state index in [0.29, 0.717) is 19.5 Å². The number of aliphatic carboxylic acids is 1. The Labute approximate surface area is 156 Å². The van der Waals surface area contributed by atoms with Gasteiger partial charge in [0.1, 0.15) is 5.60 Å². The van der Waals surface area contributed by atoms with Crippen molar-refractivity contribution in [3.63, 3.8) is 0 Å². The van der Waals surface area contributed by atoms with Crippen molar-refractivity contribution in [1.82, 2.24) is 10.2 Å². The van der Waals surface area contributed by atoms with E-state index >= 15 is 0 Å². The molecule has 1 fully saturated rings. The number of rotatable bonds is 4. The molecule has 7 heteroatoms. The summed E-state index contributed by atoms with van der Waals surface area (Å²) in [5.41, 5.74) is 0.485. The quantitative estimate of drug-likeness (QED) is 0.793. The first-order chi connectivity index (χ1) is 11.7. The van der Waals surface area contributed by atoms with Crippen LogP contribution in [0.15, 0.2) is 28.7 Å². The summed E-state index contributed by atoms with van der Waals surface area (Å²) >= 11 is 3.43. The van der Waals surface area contributed by atoms with Crippen molar-refractivity contribution in [3.05, 3.63) is 34.3 Å². The lowest BCUT2D eigenvalue weighted by atomic mass is 9.92. The minimum Gasteiger partial charge on any atom is -0.481 e. The molecule has 1 aromatic carbocycles. The summed E-state index contributed by atoms with van der Waals surface area (Å²) in [6.45, 7) is 6.61. The van der Waals surface area contributed by atoms with Crippen LogP contribution in [0, 0.1) is 5.92 Å². The van der Waals surface area contributed by atoms with E-state index in [9.17, 15) is 14.7 Å². The Kier molecular flexibility index (Phi) is 6.46. The first-order valence-electron chi connectivity index (χ1n) is 8.34. The van der Waals surface area contributed by atoms with Crippen molar-refractivity contribution in [2.45, 2.75) is 45.4 Å². The monoisotopic (exact) mass is 412 g/mol. The predicted octanol–water partition coefficient (Wildman–Crippen LogP) is 3.25. The fraction of sp³-hybridized carbons (Fsp3) is 0.556. The van der Waals surface area contributed by atoms with Crippen molar-refractivity contribution in [2.75, 3.05) is 13.1 Å². The van der Waals surface area contributed by atoms with Gasteiger partial charge in [0.05, 0.1) is 5.92 Å². The summed E-state index contributed by atoms with van der Waals surface area (Å²) in [5, 5.41) is 12.9.